The van der Waals surface area contributed by atoms with E-state index in [0.29, 0.717) is 53.4 Å². The number of carbonyl (C=O) groups is 2. The van der Waals surface area contributed by atoms with E-state index in [9.17, 15) is 9.59 Å². The molecule has 2 aliphatic heterocycles. The average Bonchev–Trinajstić information content (AvgIpc) is 3.54. The molecule has 0 saturated carbocycles. The summed E-state index contributed by atoms with van der Waals surface area (Å²) in [6, 6.07) is 3.34. The second kappa shape index (κ2) is 11.0. The van der Waals surface area contributed by atoms with Gasteiger partial charge in [0.25, 0.3) is 0 Å². The van der Waals surface area contributed by atoms with Crippen LogP contribution in [-0.4, -0.2) is 74.1 Å². The highest BCUT2D eigenvalue weighted by Gasteiger charge is 2.29. The first-order valence-corrected chi connectivity index (χ1v) is 14.1. The highest BCUT2D eigenvalue weighted by Crippen LogP contribution is 2.42. The molecule has 38 heavy (non-hydrogen) atoms. The summed E-state index contributed by atoms with van der Waals surface area (Å²) in [5.74, 6) is 1.76. The van der Waals surface area contributed by atoms with Gasteiger partial charge >= 0.3 is 0 Å². The summed E-state index contributed by atoms with van der Waals surface area (Å²) >= 11 is 5.03. The van der Waals surface area contributed by atoms with E-state index in [-0.39, 0.29) is 24.1 Å². The summed E-state index contributed by atoms with van der Waals surface area (Å²) in [4.78, 5) is 41.0. The zero-order valence-corrected chi connectivity index (χ0v) is 23.9. The van der Waals surface area contributed by atoms with Crippen LogP contribution in [0.15, 0.2) is 33.0 Å². The molecule has 1 atom stereocenters. The number of carbonyl (C=O) groups excluding carboxylic acids is 2. The van der Waals surface area contributed by atoms with E-state index < -0.39 is 6.04 Å². The first kappa shape index (κ1) is 26.5. The van der Waals surface area contributed by atoms with Crippen LogP contribution in [0.2, 0.25) is 0 Å². The number of imidazole rings is 1. The van der Waals surface area contributed by atoms with Gasteiger partial charge in [0.1, 0.15) is 11.6 Å². The van der Waals surface area contributed by atoms with Gasteiger partial charge in [-0.3, -0.25) is 15.0 Å². The molecule has 0 aliphatic carbocycles. The van der Waals surface area contributed by atoms with E-state index in [0.717, 1.165) is 28.6 Å². The zero-order valence-electron chi connectivity index (χ0n) is 21.5. The lowest BCUT2D eigenvalue weighted by Gasteiger charge is -2.35. The standard InChI is InChI=1S/C25H30BrN7O4S/c1-14(31(3)15(2)34)24(35)32-7-4-16(5-8-32)6-9-33-12-28-22(27)21-23(33)30-25(29-21)38-20-11-19-18(10-17(20)26)36-13-37-19/h10-12,14,16,27H,4-9,13H2,1-3H3,(H,29,30)/t14-/m0/s1. The van der Waals surface area contributed by atoms with E-state index >= 15 is 0 Å². The Kier molecular flexibility index (Phi) is 7.66. The van der Waals surface area contributed by atoms with Gasteiger partial charge in [0.05, 0.1) is 6.33 Å². The zero-order chi connectivity index (χ0) is 27.0. The Morgan fingerprint density at radius 1 is 1.29 bits per heavy atom. The number of likely N-dealkylation sites (tertiary alicyclic amines) is 1. The molecule has 2 N–H and O–H groups in total. The molecule has 2 amide bonds. The van der Waals surface area contributed by atoms with Gasteiger partial charge in [0.15, 0.2) is 27.8 Å². The molecule has 3 aromatic rings. The van der Waals surface area contributed by atoms with Gasteiger partial charge in [0.2, 0.25) is 18.6 Å². The van der Waals surface area contributed by atoms with E-state index in [1.54, 1.807) is 20.3 Å². The van der Waals surface area contributed by atoms with E-state index in [4.69, 9.17) is 19.9 Å². The molecule has 0 bridgehead atoms. The smallest absolute Gasteiger partial charge is 0.245 e. The van der Waals surface area contributed by atoms with Crippen molar-refractivity contribution in [2.45, 2.75) is 55.7 Å². The lowest BCUT2D eigenvalue weighted by molar-refractivity contribution is -0.143. The maximum atomic E-state index is 12.8. The minimum Gasteiger partial charge on any atom is -0.454 e. The molecule has 1 aromatic carbocycles. The minimum atomic E-state index is -0.452. The summed E-state index contributed by atoms with van der Waals surface area (Å²) < 4.78 is 13.8. The Balaban J connectivity index is 1.23. The summed E-state index contributed by atoms with van der Waals surface area (Å²) in [5, 5.41) is 8.92. The van der Waals surface area contributed by atoms with Gasteiger partial charge in [-0.2, -0.15) is 0 Å². The highest BCUT2D eigenvalue weighted by molar-refractivity contribution is 9.10. The number of nitrogens with one attached hydrogen (secondary N) is 2. The molecule has 1 fully saturated rings. The molecule has 0 unspecified atom stereocenters. The molecule has 2 aromatic heterocycles. The maximum absolute atomic E-state index is 12.8. The molecule has 0 radical (unpaired) electrons. The van der Waals surface area contributed by atoms with Crippen molar-refractivity contribution in [1.29, 1.82) is 5.41 Å². The maximum Gasteiger partial charge on any atom is 0.245 e. The summed E-state index contributed by atoms with van der Waals surface area (Å²) in [5.41, 5.74) is 1.44. The number of aromatic amines is 1. The van der Waals surface area contributed by atoms with Gasteiger partial charge in [-0.1, -0.05) is 11.8 Å². The van der Waals surface area contributed by atoms with Crippen molar-refractivity contribution in [2.24, 2.45) is 5.92 Å². The topological polar surface area (TPSA) is 129 Å². The van der Waals surface area contributed by atoms with Crippen LogP contribution in [0.1, 0.15) is 33.1 Å². The minimum absolute atomic E-state index is 0.00289. The van der Waals surface area contributed by atoms with Gasteiger partial charge < -0.3 is 28.8 Å². The van der Waals surface area contributed by atoms with E-state index in [1.807, 2.05) is 21.6 Å². The lowest BCUT2D eigenvalue weighted by Crippen LogP contribution is -2.49. The number of hydrogen-bond donors (Lipinski definition) is 2. The SMILES string of the molecule is CC(=O)N(C)[C@@H](C)C(=O)N1CCC(CCn2cnc(=N)c3[nH]c(Sc4cc5c(cc4Br)OCO5)nc32)CC1. The third-order valence-corrected chi connectivity index (χ3v) is 9.13. The third-order valence-electron chi connectivity index (χ3n) is 7.27. The Hall–Kier alpha value is -3.06. The Morgan fingerprint density at radius 3 is 2.71 bits per heavy atom. The number of aryl methyl sites for hydroxylation is 1. The summed E-state index contributed by atoms with van der Waals surface area (Å²) in [6.45, 7) is 5.56. The number of likely N-dealkylation sites (N-methyl/N-ethyl adjacent to an activating group) is 1. The fraction of sp³-hybridized carbons (Fsp3) is 0.480. The number of fused-ring (bicyclic) bond motifs is 2. The van der Waals surface area contributed by atoms with Crippen LogP contribution in [-0.2, 0) is 16.1 Å². The number of benzene rings is 1. The van der Waals surface area contributed by atoms with Crippen LogP contribution in [0.4, 0.5) is 0 Å². The predicted molar refractivity (Wildman–Crippen MR) is 144 cm³/mol. The van der Waals surface area contributed by atoms with Crippen LogP contribution in [0.3, 0.4) is 0 Å². The molecule has 4 heterocycles. The highest BCUT2D eigenvalue weighted by atomic mass is 79.9. The molecular weight excluding hydrogens is 574 g/mol. The molecular formula is C25H30BrN7O4S. The number of aromatic nitrogens is 4. The first-order valence-electron chi connectivity index (χ1n) is 12.5. The Morgan fingerprint density at radius 2 is 2.00 bits per heavy atom. The number of amides is 2. The summed E-state index contributed by atoms with van der Waals surface area (Å²) in [7, 11) is 1.67. The number of hydrogen-bond acceptors (Lipinski definition) is 8. The monoisotopic (exact) mass is 603 g/mol. The van der Waals surface area contributed by atoms with E-state index in [1.165, 1.54) is 23.6 Å². The predicted octanol–water partition coefficient (Wildman–Crippen LogP) is 3.38. The molecule has 1 saturated heterocycles. The molecule has 202 valence electrons. The number of ether oxygens (including phenoxy) is 2. The van der Waals surface area contributed by atoms with Gasteiger partial charge in [-0.25, -0.2) is 9.97 Å². The van der Waals surface area contributed by atoms with Crippen molar-refractivity contribution in [3.63, 3.8) is 0 Å². The lowest BCUT2D eigenvalue weighted by atomic mass is 9.93. The van der Waals surface area contributed by atoms with Crippen LogP contribution in [0.5, 0.6) is 11.5 Å². The van der Waals surface area contributed by atoms with Crippen LogP contribution >= 0.6 is 27.7 Å². The molecule has 5 rings (SSSR count). The van der Waals surface area contributed by atoms with Crippen LogP contribution in [0, 0.1) is 11.3 Å². The normalized spacial score (nSPS) is 16.2. The number of piperidine rings is 1. The second-order valence-corrected chi connectivity index (χ2v) is 11.5. The van der Waals surface area contributed by atoms with Crippen molar-refractivity contribution < 1.29 is 19.1 Å². The average molecular weight is 605 g/mol. The van der Waals surface area contributed by atoms with Crippen LogP contribution < -0.4 is 15.0 Å². The number of halogens is 1. The summed E-state index contributed by atoms with van der Waals surface area (Å²) in [6.07, 6.45) is 4.42. The molecule has 11 nitrogen and oxygen atoms in total. The van der Waals surface area contributed by atoms with Gasteiger partial charge in [-0.05, 0) is 60.2 Å². The van der Waals surface area contributed by atoms with Crippen LogP contribution in [0.25, 0.3) is 11.2 Å². The first-order chi connectivity index (χ1) is 18.2. The fourth-order valence-corrected chi connectivity index (χ4v) is 6.10. The van der Waals surface area contributed by atoms with Gasteiger partial charge in [0, 0.05) is 43.0 Å². The number of nitrogens with zero attached hydrogens (tertiary/aromatic N) is 5. The third kappa shape index (κ3) is 5.39. The molecule has 2 aliphatic rings. The fourth-order valence-electron chi connectivity index (χ4n) is 4.72. The Bertz CT molecular complexity index is 1430. The van der Waals surface area contributed by atoms with Crippen molar-refractivity contribution in [1.82, 2.24) is 29.3 Å². The number of H-pyrrole nitrogens is 1. The van der Waals surface area contributed by atoms with Crippen molar-refractivity contribution in [2.75, 3.05) is 26.9 Å². The Labute approximate surface area is 232 Å². The number of rotatable bonds is 7. The quantitative estimate of drug-likeness (QED) is 0.423. The van der Waals surface area contributed by atoms with Crippen molar-refractivity contribution in [3.05, 3.63) is 28.4 Å². The van der Waals surface area contributed by atoms with Crippen molar-refractivity contribution >= 4 is 50.7 Å². The molecule has 0 spiro atoms. The molecule has 13 heteroatoms. The van der Waals surface area contributed by atoms with E-state index in [2.05, 4.69) is 25.9 Å². The van der Waals surface area contributed by atoms with Gasteiger partial charge in [-0.15, -0.1) is 0 Å². The largest absolute Gasteiger partial charge is 0.454 e. The van der Waals surface area contributed by atoms with Crippen molar-refractivity contribution in [3.8, 4) is 11.5 Å². The second-order valence-electron chi connectivity index (χ2n) is 9.63.